The highest BCUT2D eigenvalue weighted by molar-refractivity contribution is 7.90. The number of halogens is 2. The fraction of sp³-hybridized carbons (Fsp3) is 0.188. The molecule has 2 aromatic rings. The molecule has 0 saturated heterocycles. The van der Waals surface area contributed by atoms with Crippen molar-refractivity contribution in [1.82, 2.24) is 14.9 Å². The van der Waals surface area contributed by atoms with Gasteiger partial charge in [0.25, 0.3) is 5.91 Å². The van der Waals surface area contributed by atoms with Gasteiger partial charge in [0.2, 0.25) is 20.0 Å². The third-order valence-electron chi connectivity index (χ3n) is 3.75. The zero-order valence-electron chi connectivity index (χ0n) is 15.3. The second-order valence-corrected chi connectivity index (χ2v) is 10.0. The predicted molar refractivity (Wildman–Crippen MR) is 109 cm³/mol. The summed E-state index contributed by atoms with van der Waals surface area (Å²) >= 11 is 11.7. The Kier molecular flexibility index (Phi) is 8.05. The van der Waals surface area contributed by atoms with Crippen LogP contribution in [0.2, 0.25) is 10.0 Å². The van der Waals surface area contributed by atoms with E-state index in [1.807, 2.05) is 4.72 Å². The molecule has 14 heteroatoms. The quantitative estimate of drug-likeness (QED) is 0.299. The molecule has 1 unspecified atom stereocenters. The SMILES string of the molecule is COc1ccc(S(=O)(=O)NCC(NS(=O)(=O)c2cc(Cl)ccc2Cl)C(=O)NO)cc1. The maximum atomic E-state index is 12.6. The summed E-state index contributed by atoms with van der Waals surface area (Å²) in [7, 11) is -7.09. The maximum Gasteiger partial charge on any atom is 0.262 e. The van der Waals surface area contributed by atoms with Crippen LogP contribution in [-0.2, 0) is 24.8 Å². The van der Waals surface area contributed by atoms with Crippen LogP contribution in [-0.4, -0.2) is 47.6 Å². The summed E-state index contributed by atoms with van der Waals surface area (Å²) in [6.45, 7) is -0.710. The zero-order valence-corrected chi connectivity index (χ0v) is 18.4. The Bertz CT molecular complexity index is 1120. The smallest absolute Gasteiger partial charge is 0.262 e. The van der Waals surface area contributed by atoms with Crippen molar-refractivity contribution >= 4 is 49.2 Å². The fourth-order valence-corrected chi connectivity index (χ4v) is 5.24. The third kappa shape index (κ3) is 6.04. The van der Waals surface area contributed by atoms with Crippen LogP contribution in [0.15, 0.2) is 52.3 Å². The molecule has 0 heterocycles. The first-order chi connectivity index (χ1) is 14.0. The predicted octanol–water partition coefficient (Wildman–Crippen LogP) is 1.13. The first kappa shape index (κ1) is 24.3. The van der Waals surface area contributed by atoms with Gasteiger partial charge in [-0.2, -0.15) is 4.72 Å². The van der Waals surface area contributed by atoms with Gasteiger partial charge in [0.15, 0.2) is 0 Å². The van der Waals surface area contributed by atoms with E-state index in [1.165, 1.54) is 49.0 Å². The molecule has 0 radical (unpaired) electrons. The molecule has 0 fully saturated rings. The number of nitrogens with one attached hydrogen (secondary N) is 3. The van der Waals surface area contributed by atoms with Crippen LogP contribution >= 0.6 is 23.2 Å². The van der Waals surface area contributed by atoms with E-state index in [1.54, 1.807) is 0 Å². The topological polar surface area (TPSA) is 151 Å². The minimum Gasteiger partial charge on any atom is -0.497 e. The summed E-state index contributed by atoms with van der Waals surface area (Å²) in [6.07, 6.45) is 0. The van der Waals surface area contributed by atoms with Gasteiger partial charge in [-0.15, -0.1) is 0 Å². The van der Waals surface area contributed by atoms with Crippen molar-refractivity contribution in [3.63, 3.8) is 0 Å². The Hall–Kier alpha value is -1.93. The first-order valence-corrected chi connectivity index (χ1v) is 11.8. The van der Waals surface area contributed by atoms with Crippen molar-refractivity contribution in [3.05, 3.63) is 52.5 Å². The number of carbonyl (C=O) groups is 1. The largest absolute Gasteiger partial charge is 0.497 e. The summed E-state index contributed by atoms with van der Waals surface area (Å²) in [5.41, 5.74) is 1.28. The zero-order chi connectivity index (χ0) is 22.5. The highest BCUT2D eigenvalue weighted by Crippen LogP contribution is 2.25. The van der Waals surface area contributed by atoms with Crippen molar-refractivity contribution in [3.8, 4) is 5.75 Å². The van der Waals surface area contributed by atoms with Gasteiger partial charge < -0.3 is 4.74 Å². The van der Waals surface area contributed by atoms with Gasteiger partial charge in [-0.1, -0.05) is 23.2 Å². The summed E-state index contributed by atoms with van der Waals surface area (Å²) < 4.78 is 59.1. The highest BCUT2D eigenvalue weighted by atomic mass is 35.5. The van der Waals surface area contributed by atoms with E-state index in [-0.39, 0.29) is 14.9 Å². The number of methoxy groups -OCH3 is 1. The van der Waals surface area contributed by atoms with Crippen molar-refractivity contribution in [2.24, 2.45) is 0 Å². The Morgan fingerprint density at radius 2 is 1.70 bits per heavy atom. The van der Waals surface area contributed by atoms with Gasteiger partial charge in [0, 0.05) is 11.6 Å². The minimum absolute atomic E-state index is 0.0724. The minimum atomic E-state index is -4.40. The van der Waals surface area contributed by atoms with E-state index in [0.29, 0.717) is 5.75 Å². The number of amides is 1. The number of hydroxylamine groups is 1. The number of hydrogen-bond acceptors (Lipinski definition) is 7. The number of ether oxygens (including phenoxy) is 1. The monoisotopic (exact) mass is 497 g/mol. The van der Waals surface area contributed by atoms with Crippen molar-refractivity contribution in [1.29, 1.82) is 0 Å². The molecule has 2 rings (SSSR count). The van der Waals surface area contributed by atoms with Gasteiger partial charge in [-0.25, -0.2) is 27.0 Å². The van der Waals surface area contributed by atoms with Gasteiger partial charge >= 0.3 is 0 Å². The lowest BCUT2D eigenvalue weighted by Crippen LogP contribution is -2.51. The highest BCUT2D eigenvalue weighted by Gasteiger charge is 2.29. The molecule has 0 aliphatic carbocycles. The molecule has 0 spiro atoms. The second-order valence-electron chi connectivity index (χ2n) is 5.75. The Morgan fingerprint density at radius 1 is 1.07 bits per heavy atom. The average Bonchev–Trinajstić information content (AvgIpc) is 2.72. The molecule has 0 bridgehead atoms. The summed E-state index contributed by atoms with van der Waals surface area (Å²) in [4.78, 5) is 11.3. The Labute approximate surface area is 183 Å². The van der Waals surface area contributed by atoms with E-state index in [2.05, 4.69) is 4.72 Å². The molecule has 10 nitrogen and oxygen atoms in total. The number of hydrogen-bond donors (Lipinski definition) is 4. The van der Waals surface area contributed by atoms with Crippen molar-refractivity contribution in [2.45, 2.75) is 15.8 Å². The molecule has 0 saturated carbocycles. The molecular formula is C16H17Cl2N3O7S2. The molecular weight excluding hydrogens is 481 g/mol. The molecule has 0 aliphatic heterocycles. The number of sulfonamides is 2. The van der Waals surface area contributed by atoms with E-state index < -0.39 is 43.4 Å². The number of benzene rings is 2. The fourth-order valence-electron chi connectivity index (χ4n) is 2.23. The van der Waals surface area contributed by atoms with Gasteiger partial charge in [-0.05, 0) is 42.5 Å². The average molecular weight is 498 g/mol. The summed E-state index contributed by atoms with van der Waals surface area (Å²) in [5, 5.41) is 8.80. The van der Waals surface area contributed by atoms with E-state index in [0.717, 1.165) is 6.07 Å². The van der Waals surface area contributed by atoms with Crippen molar-refractivity contribution < 1.29 is 31.6 Å². The van der Waals surface area contributed by atoms with Crippen LogP contribution in [0.4, 0.5) is 0 Å². The Balaban J connectivity index is 2.23. The lowest BCUT2D eigenvalue weighted by molar-refractivity contribution is -0.130. The standard InChI is InChI=1S/C16H17Cl2N3O7S2/c1-28-11-3-5-12(6-4-11)29(24,25)19-9-14(16(22)20-23)21-30(26,27)15-8-10(17)2-7-13(15)18/h2-8,14,19,21,23H,9H2,1H3,(H,20,22). The lowest BCUT2D eigenvalue weighted by atomic mass is 10.3. The van der Waals surface area contributed by atoms with E-state index >= 15 is 0 Å². The molecule has 30 heavy (non-hydrogen) atoms. The Morgan fingerprint density at radius 3 is 2.27 bits per heavy atom. The van der Waals surface area contributed by atoms with Gasteiger partial charge in [0.05, 0.1) is 17.0 Å². The molecule has 0 aromatic heterocycles. The normalized spacial score (nSPS) is 12.9. The molecule has 4 N–H and O–H groups in total. The molecule has 0 aliphatic rings. The van der Waals surface area contributed by atoms with Gasteiger partial charge in [0.1, 0.15) is 16.7 Å². The summed E-state index contributed by atoms with van der Waals surface area (Å²) in [5.74, 6) is -0.771. The molecule has 164 valence electrons. The van der Waals surface area contributed by atoms with Crippen molar-refractivity contribution in [2.75, 3.05) is 13.7 Å². The lowest BCUT2D eigenvalue weighted by Gasteiger charge is -2.18. The van der Waals surface area contributed by atoms with Crippen LogP contribution in [0.5, 0.6) is 5.75 Å². The molecule has 1 atom stereocenters. The molecule has 2 aromatic carbocycles. The van der Waals surface area contributed by atoms with Crippen LogP contribution in [0, 0.1) is 0 Å². The van der Waals surface area contributed by atoms with Crippen LogP contribution in [0.25, 0.3) is 0 Å². The first-order valence-electron chi connectivity index (χ1n) is 8.05. The van der Waals surface area contributed by atoms with Crippen LogP contribution < -0.4 is 19.7 Å². The third-order valence-corrected chi connectivity index (χ3v) is 7.38. The number of rotatable bonds is 9. The van der Waals surface area contributed by atoms with E-state index in [9.17, 15) is 21.6 Å². The number of carbonyl (C=O) groups excluding carboxylic acids is 1. The van der Waals surface area contributed by atoms with Gasteiger partial charge in [-0.3, -0.25) is 10.0 Å². The summed E-state index contributed by atoms with van der Waals surface area (Å²) in [6, 6.07) is 7.31. The molecule has 1 amide bonds. The second kappa shape index (κ2) is 9.92. The van der Waals surface area contributed by atoms with Crippen LogP contribution in [0.3, 0.4) is 0 Å². The van der Waals surface area contributed by atoms with Crippen LogP contribution in [0.1, 0.15) is 0 Å². The van der Waals surface area contributed by atoms with E-state index in [4.69, 9.17) is 33.1 Å². The maximum absolute atomic E-state index is 12.6.